The predicted octanol–water partition coefficient (Wildman–Crippen LogP) is 0.820. The van der Waals surface area contributed by atoms with Crippen LogP contribution in [0, 0.1) is 4.91 Å². The molecule has 30 heavy (non-hydrogen) atoms. The van der Waals surface area contributed by atoms with Crippen molar-refractivity contribution < 1.29 is 24.0 Å². The molecule has 3 aliphatic rings. The van der Waals surface area contributed by atoms with Crippen molar-refractivity contribution in [3.8, 4) is 0 Å². The van der Waals surface area contributed by atoms with Gasteiger partial charge < -0.3 is 9.66 Å². The summed E-state index contributed by atoms with van der Waals surface area (Å²) >= 11 is -1.73. The van der Waals surface area contributed by atoms with E-state index < -0.39 is 62.9 Å². The molecule has 0 aliphatic carbocycles. The maximum absolute atomic E-state index is 13.4. The molecule has 1 unspecified atom stereocenters. The van der Waals surface area contributed by atoms with E-state index in [-0.39, 0.29) is 0 Å². The molecule has 0 radical (unpaired) electrons. The lowest BCUT2D eigenvalue weighted by Gasteiger charge is -2.48. The molecule has 3 fully saturated rings. The molecule has 0 bridgehead atoms. The summed E-state index contributed by atoms with van der Waals surface area (Å²) in [6.07, 6.45) is 0. The van der Waals surface area contributed by atoms with E-state index in [1.807, 2.05) is 0 Å². The van der Waals surface area contributed by atoms with Gasteiger partial charge in [0.15, 0.2) is 22.9 Å². The fourth-order valence-corrected chi connectivity index (χ4v) is 6.81. The third kappa shape index (κ3) is 2.38. The minimum Gasteiger partial charge on any atom is -0.614 e. The van der Waals surface area contributed by atoms with E-state index in [0.717, 1.165) is 9.91 Å². The fraction of sp³-hybridized carbons (Fsp3) is 0.526. The van der Waals surface area contributed by atoms with Gasteiger partial charge in [-0.1, -0.05) is 30.3 Å². The van der Waals surface area contributed by atoms with Crippen LogP contribution in [0.5, 0.6) is 0 Å². The number of nitrogens with zero attached hydrogens (tertiary/aromatic N) is 4. The number of benzene rings is 1. The highest BCUT2D eigenvalue weighted by Crippen LogP contribution is 2.51. The molecule has 0 spiro atoms. The second-order valence-corrected chi connectivity index (χ2v) is 10.8. The second-order valence-electron chi connectivity index (χ2n) is 8.66. The molecule has 2 amide bonds. The number of amides is 2. The number of aliphatic carboxylic acids is 1. The second kappa shape index (κ2) is 6.42. The third-order valence-corrected chi connectivity index (χ3v) is 8.49. The summed E-state index contributed by atoms with van der Waals surface area (Å²) in [5, 5.41) is 12.8. The van der Waals surface area contributed by atoms with Gasteiger partial charge in [0.25, 0.3) is 11.8 Å². The van der Waals surface area contributed by atoms with Crippen LogP contribution in [0.3, 0.4) is 0 Å². The zero-order valence-corrected chi connectivity index (χ0v) is 17.7. The van der Waals surface area contributed by atoms with Crippen LogP contribution in [0.25, 0.3) is 0 Å². The number of rotatable bonds is 4. The lowest BCUT2D eigenvalue weighted by molar-refractivity contribution is -0.172. The fourth-order valence-electron chi connectivity index (χ4n) is 4.85. The van der Waals surface area contributed by atoms with Gasteiger partial charge in [0.2, 0.25) is 5.37 Å². The van der Waals surface area contributed by atoms with Gasteiger partial charge in [0.1, 0.15) is 5.66 Å². The van der Waals surface area contributed by atoms with Gasteiger partial charge >= 0.3 is 5.97 Å². The van der Waals surface area contributed by atoms with E-state index in [1.165, 1.54) is 18.7 Å². The molecular weight excluding hydrogens is 412 g/mol. The first-order chi connectivity index (χ1) is 14.0. The summed E-state index contributed by atoms with van der Waals surface area (Å²) in [7, 11) is 0. The van der Waals surface area contributed by atoms with Gasteiger partial charge in [0, 0.05) is 0 Å². The summed E-state index contributed by atoms with van der Waals surface area (Å²) in [5.41, 5.74) is -0.737. The van der Waals surface area contributed by atoms with E-state index in [2.05, 4.69) is 5.29 Å². The molecule has 11 heteroatoms. The highest BCUT2D eigenvalue weighted by molar-refractivity contribution is 7.94. The summed E-state index contributed by atoms with van der Waals surface area (Å²) in [4.78, 5) is 52.3. The maximum Gasteiger partial charge on any atom is 0.332 e. The first-order valence-corrected chi connectivity index (χ1v) is 10.7. The summed E-state index contributed by atoms with van der Waals surface area (Å²) in [5.74, 6) is -2.35. The smallest absolute Gasteiger partial charge is 0.332 e. The quantitative estimate of drug-likeness (QED) is 0.421. The third-order valence-electron chi connectivity index (χ3n) is 6.31. The lowest BCUT2D eigenvalue weighted by Crippen LogP contribution is -2.74. The molecule has 0 aromatic heterocycles. The Morgan fingerprint density at radius 3 is 2.27 bits per heavy atom. The van der Waals surface area contributed by atoms with Crippen molar-refractivity contribution in [2.45, 2.75) is 61.6 Å². The molecule has 1 aromatic rings. The SMILES string of the molecule is CC1(C)N(N=O)[C@H](c2ccccc2)C(=O)N1[C@@H]1C(=O)N2C(C(=O)O)C(C)(C)[S@@+]([O-])[C@H]12. The Labute approximate surface area is 175 Å². The number of β-lactam (4-membered cyclic amide) rings is 1. The molecule has 4 rings (SSSR count). The van der Waals surface area contributed by atoms with Crippen LogP contribution >= 0.6 is 0 Å². The molecule has 3 saturated heterocycles. The van der Waals surface area contributed by atoms with E-state index in [0.29, 0.717) is 5.56 Å². The highest BCUT2D eigenvalue weighted by Gasteiger charge is 2.76. The molecular formula is C19H22N4O6S. The minimum atomic E-state index is -1.73. The number of carboxylic acid groups (broad SMARTS) is 1. The van der Waals surface area contributed by atoms with Crippen LogP contribution in [0.4, 0.5) is 0 Å². The Bertz CT molecular complexity index is 938. The van der Waals surface area contributed by atoms with Crippen molar-refractivity contribution in [2.24, 2.45) is 5.29 Å². The molecule has 5 atom stereocenters. The average Bonchev–Trinajstić information content (AvgIpc) is 2.99. The van der Waals surface area contributed by atoms with Crippen LogP contribution in [0.1, 0.15) is 39.3 Å². The number of carboxylic acids is 1. The van der Waals surface area contributed by atoms with Crippen LogP contribution in [0.2, 0.25) is 0 Å². The van der Waals surface area contributed by atoms with Crippen molar-refractivity contribution in [1.82, 2.24) is 14.8 Å². The maximum atomic E-state index is 13.4. The molecule has 1 N–H and O–H groups in total. The average molecular weight is 434 g/mol. The Kier molecular flexibility index (Phi) is 4.41. The van der Waals surface area contributed by atoms with Gasteiger partial charge in [-0.3, -0.25) is 19.4 Å². The lowest BCUT2D eigenvalue weighted by atomic mass is 9.94. The van der Waals surface area contributed by atoms with E-state index in [4.69, 9.17) is 0 Å². The zero-order chi connectivity index (χ0) is 22.2. The largest absolute Gasteiger partial charge is 0.614 e. The molecule has 160 valence electrons. The van der Waals surface area contributed by atoms with E-state index in [1.54, 1.807) is 44.2 Å². The first-order valence-electron chi connectivity index (χ1n) is 9.44. The number of hydrogen-bond acceptors (Lipinski definition) is 6. The minimum absolute atomic E-state index is 0.516. The zero-order valence-electron chi connectivity index (χ0n) is 16.9. The Hall–Kier alpha value is -2.66. The van der Waals surface area contributed by atoms with Crippen molar-refractivity contribution >= 4 is 29.0 Å². The number of carbonyl (C=O) groups is 3. The van der Waals surface area contributed by atoms with Crippen molar-refractivity contribution in [2.75, 3.05) is 0 Å². The normalized spacial score (nSPS) is 34.0. The Morgan fingerprint density at radius 2 is 1.73 bits per heavy atom. The van der Waals surface area contributed by atoms with Crippen LogP contribution in [0.15, 0.2) is 35.6 Å². The standard InChI is InChI=1S/C19H22N4O6S/c1-18(2)13(17(26)27)21-14(24)12(16(21)30(18)29)22-15(25)11(10-8-6-5-7-9-10)23(20-28)19(22,3)4/h5-9,11-13,16H,1-4H3,(H,26,27)/t11-,12-,13?,16-,30+/m1/s1. The van der Waals surface area contributed by atoms with Crippen LogP contribution in [-0.2, 0) is 25.6 Å². The number of carbonyl (C=O) groups excluding carboxylic acids is 2. The van der Waals surface area contributed by atoms with Gasteiger partial charge in [-0.25, -0.2) is 9.80 Å². The molecule has 0 saturated carbocycles. The Balaban J connectivity index is 1.76. The summed E-state index contributed by atoms with van der Waals surface area (Å²) < 4.78 is 12.0. The molecule has 3 heterocycles. The molecule has 3 aliphatic heterocycles. The number of fused-ring (bicyclic) bond motifs is 1. The van der Waals surface area contributed by atoms with E-state index in [9.17, 15) is 28.9 Å². The van der Waals surface area contributed by atoms with Crippen molar-refractivity contribution in [3.05, 3.63) is 40.8 Å². The van der Waals surface area contributed by atoms with Crippen LogP contribution in [-0.4, -0.2) is 70.1 Å². The number of nitroso groups, excluding NO2 is 1. The van der Waals surface area contributed by atoms with Gasteiger partial charge in [-0.15, -0.1) is 4.91 Å². The topological polar surface area (TPSA) is 134 Å². The summed E-state index contributed by atoms with van der Waals surface area (Å²) in [6, 6.07) is 5.19. The molecule has 1 aromatic carbocycles. The number of hydrogen-bond donors (Lipinski definition) is 1. The van der Waals surface area contributed by atoms with Gasteiger partial charge in [-0.05, 0) is 44.4 Å². The van der Waals surface area contributed by atoms with Gasteiger partial charge in [-0.2, -0.15) is 0 Å². The monoisotopic (exact) mass is 434 g/mol. The van der Waals surface area contributed by atoms with Crippen LogP contribution < -0.4 is 0 Å². The van der Waals surface area contributed by atoms with Crippen molar-refractivity contribution in [1.29, 1.82) is 0 Å². The van der Waals surface area contributed by atoms with Crippen molar-refractivity contribution in [3.63, 3.8) is 0 Å². The predicted molar refractivity (Wildman–Crippen MR) is 106 cm³/mol. The van der Waals surface area contributed by atoms with E-state index >= 15 is 0 Å². The first kappa shape index (κ1) is 20.6. The Morgan fingerprint density at radius 1 is 1.13 bits per heavy atom. The highest BCUT2D eigenvalue weighted by atomic mass is 32.2. The molecule has 10 nitrogen and oxygen atoms in total. The summed E-state index contributed by atoms with van der Waals surface area (Å²) in [6.45, 7) is 6.24. The van der Waals surface area contributed by atoms with Gasteiger partial charge in [0.05, 0.1) is 5.29 Å².